The monoisotopic (exact) mass is 562 g/mol. The van der Waals surface area contributed by atoms with Gasteiger partial charge in [-0.15, -0.1) is 0 Å². The maximum atomic E-state index is 6.99. The topological polar surface area (TPSA) is 43.3 Å². The summed E-state index contributed by atoms with van der Waals surface area (Å²) in [6.07, 6.45) is 4.12. The number of furan rings is 2. The molecule has 0 aliphatic heterocycles. The molecule has 0 atom stereocenters. The van der Waals surface area contributed by atoms with Crippen molar-refractivity contribution >= 4 is 43.9 Å². The normalized spacial score (nSPS) is 11.7. The summed E-state index contributed by atoms with van der Waals surface area (Å²) in [4.78, 5) is 0. The Hall–Kier alpha value is -5.42. The Morgan fingerprint density at radius 2 is 0.930 bits per heavy atom. The Kier molecular flexibility index (Phi) is 5.63. The summed E-state index contributed by atoms with van der Waals surface area (Å²) in [5.74, 6) is 1.58. The summed E-state index contributed by atoms with van der Waals surface area (Å²) in [6.45, 7) is 4.23. The molecule has 5 nitrogen and oxygen atoms in total. The molecular formula is C38H30N2O3+2. The largest absolute Gasteiger partial charge is 0.457 e. The van der Waals surface area contributed by atoms with E-state index in [9.17, 15) is 0 Å². The maximum Gasteiger partial charge on any atom is 0.216 e. The zero-order chi connectivity index (χ0) is 29.2. The molecular weight excluding hydrogens is 532 g/mol. The number of pyridine rings is 2. The number of ether oxygens (including phenoxy) is 1. The number of rotatable bonds is 4. The van der Waals surface area contributed by atoms with Crippen molar-refractivity contribution in [3.05, 3.63) is 121 Å². The van der Waals surface area contributed by atoms with Crippen LogP contribution in [0.4, 0.5) is 0 Å². The number of para-hydroxylation sites is 2. The third kappa shape index (κ3) is 3.85. The first kappa shape index (κ1) is 25.3. The third-order valence-corrected chi connectivity index (χ3v) is 8.60. The molecule has 0 saturated carbocycles. The summed E-state index contributed by atoms with van der Waals surface area (Å²) in [7, 11) is 4.12. The fraction of sp³-hybridized carbons (Fsp3) is 0.105. The highest BCUT2D eigenvalue weighted by Crippen LogP contribution is 2.46. The number of hydrogen-bond acceptors (Lipinski definition) is 3. The summed E-state index contributed by atoms with van der Waals surface area (Å²) < 4.78 is 24.3. The van der Waals surface area contributed by atoms with Gasteiger partial charge in [0.15, 0.2) is 12.4 Å². The second-order valence-electron chi connectivity index (χ2n) is 11.2. The molecule has 5 heteroatoms. The van der Waals surface area contributed by atoms with Crippen LogP contribution in [0.5, 0.6) is 11.5 Å². The molecule has 0 amide bonds. The quantitative estimate of drug-likeness (QED) is 0.201. The van der Waals surface area contributed by atoms with E-state index in [-0.39, 0.29) is 0 Å². The highest BCUT2D eigenvalue weighted by Gasteiger charge is 2.27. The number of benzene rings is 4. The van der Waals surface area contributed by atoms with Crippen LogP contribution in [0.15, 0.2) is 118 Å². The van der Waals surface area contributed by atoms with Crippen LogP contribution in [0.25, 0.3) is 66.4 Å². The van der Waals surface area contributed by atoms with E-state index in [1.807, 2.05) is 48.5 Å². The van der Waals surface area contributed by atoms with E-state index >= 15 is 0 Å². The lowest BCUT2D eigenvalue weighted by molar-refractivity contribution is -0.660. The van der Waals surface area contributed by atoms with E-state index in [4.69, 9.17) is 13.6 Å². The van der Waals surface area contributed by atoms with Crippen molar-refractivity contribution in [3.63, 3.8) is 0 Å². The summed E-state index contributed by atoms with van der Waals surface area (Å²) in [6, 6.07) is 33.1. The van der Waals surface area contributed by atoms with Gasteiger partial charge in [0.2, 0.25) is 11.4 Å². The fourth-order valence-corrected chi connectivity index (χ4v) is 6.37. The van der Waals surface area contributed by atoms with Gasteiger partial charge in [-0.1, -0.05) is 36.4 Å². The van der Waals surface area contributed by atoms with Gasteiger partial charge in [0.25, 0.3) is 0 Å². The molecule has 8 aromatic rings. The maximum absolute atomic E-state index is 6.99. The zero-order valence-corrected chi connectivity index (χ0v) is 24.5. The van der Waals surface area contributed by atoms with Gasteiger partial charge in [-0.3, -0.25) is 0 Å². The molecule has 4 aromatic heterocycles. The first-order chi connectivity index (χ1) is 21.0. The lowest BCUT2D eigenvalue weighted by atomic mass is 9.98. The second-order valence-corrected chi connectivity index (χ2v) is 11.2. The van der Waals surface area contributed by atoms with Crippen molar-refractivity contribution in [2.24, 2.45) is 14.1 Å². The van der Waals surface area contributed by atoms with Crippen LogP contribution in [-0.4, -0.2) is 0 Å². The van der Waals surface area contributed by atoms with Crippen molar-refractivity contribution in [3.8, 4) is 34.0 Å². The average molecular weight is 563 g/mol. The first-order valence-electron chi connectivity index (χ1n) is 14.5. The minimum absolute atomic E-state index is 0.788. The van der Waals surface area contributed by atoms with Crippen molar-refractivity contribution in [2.45, 2.75) is 13.8 Å². The molecule has 0 saturated heterocycles. The molecule has 4 heterocycles. The summed E-state index contributed by atoms with van der Waals surface area (Å²) in [5.41, 5.74) is 9.61. The molecule has 4 aromatic carbocycles. The van der Waals surface area contributed by atoms with Gasteiger partial charge in [0.05, 0.1) is 11.1 Å². The predicted molar refractivity (Wildman–Crippen MR) is 170 cm³/mol. The Balaban J connectivity index is 1.43. The minimum Gasteiger partial charge on any atom is -0.457 e. The molecule has 43 heavy (non-hydrogen) atoms. The van der Waals surface area contributed by atoms with Crippen molar-refractivity contribution in [2.75, 3.05) is 0 Å². The van der Waals surface area contributed by atoms with Crippen LogP contribution >= 0.6 is 0 Å². The Morgan fingerprint density at radius 3 is 1.37 bits per heavy atom. The average Bonchev–Trinajstić information content (AvgIpc) is 3.57. The third-order valence-electron chi connectivity index (χ3n) is 8.60. The molecule has 0 aliphatic carbocycles. The molecule has 208 valence electrons. The molecule has 8 rings (SSSR count). The van der Waals surface area contributed by atoms with Crippen molar-refractivity contribution in [1.29, 1.82) is 0 Å². The lowest BCUT2D eigenvalue weighted by Crippen LogP contribution is -2.30. The SMILES string of the molecule is Cc1c(Oc2cc3c(oc4ccccc43)c(-c3cccc[n+]3C)c2C)cc2c(oc3ccccc32)c1-c1cccc[n+]1C. The molecule has 0 aliphatic rings. The summed E-state index contributed by atoms with van der Waals surface area (Å²) >= 11 is 0. The molecule has 0 spiro atoms. The minimum atomic E-state index is 0.788. The molecule has 0 bridgehead atoms. The number of fused-ring (bicyclic) bond motifs is 6. The molecule has 0 N–H and O–H groups in total. The summed E-state index contributed by atoms with van der Waals surface area (Å²) in [5, 5.41) is 4.17. The van der Waals surface area contributed by atoms with Crippen LogP contribution in [-0.2, 0) is 14.1 Å². The zero-order valence-electron chi connectivity index (χ0n) is 24.5. The van der Waals surface area contributed by atoms with E-state index < -0.39 is 0 Å². The van der Waals surface area contributed by atoms with E-state index in [1.165, 1.54) is 0 Å². The van der Waals surface area contributed by atoms with Gasteiger partial charge in [0, 0.05) is 56.9 Å². The van der Waals surface area contributed by atoms with Gasteiger partial charge in [-0.05, 0) is 50.2 Å². The van der Waals surface area contributed by atoms with Gasteiger partial charge < -0.3 is 13.6 Å². The Labute approximate surface area is 248 Å². The fourth-order valence-electron chi connectivity index (χ4n) is 6.37. The van der Waals surface area contributed by atoms with E-state index in [2.05, 4.69) is 98.0 Å². The van der Waals surface area contributed by atoms with E-state index in [1.54, 1.807) is 0 Å². The molecule has 0 radical (unpaired) electrons. The van der Waals surface area contributed by atoms with Gasteiger partial charge in [-0.25, -0.2) is 9.13 Å². The standard InChI is InChI=1S/C38H30N2O3/c1-23-33(21-27-25-13-5-7-17-31(25)42-37(27)35(23)29-15-9-11-19-39(29)3)41-34-22-28-26-14-6-8-18-32(26)43-38(28)36(24(34)2)30-16-10-12-20-40(30)4/h5-22H,1-4H3/q+2. The number of hydrogen-bond donors (Lipinski definition) is 0. The van der Waals surface area contributed by atoms with Crippen LogP contribution in [0.3, 0.4) is 0 Å². The van der Waals surface area contributed by atoms with Crippen LogP contribution < -0.4 is 13.9 Å². The lowest BCUT2D eigenvalue weighted by Gasteiger charge is -2.16. The van der Waals surface area contributed by atoms with Crippen LogP contribution in [0.1, 0.15) is 11.1 Å². The van der Waals surface area contributed by atoms with E-state index in [0.717, 1.165) is 89.0 Å². The van der Waals surface area contributed by atoms with Crippen LogP contribution in [0, 0.1) is 13.8 Å². The van der Waals surface area contributed by atoms with Crippen LogP contribution in [0.2, 0.25) is 0 Å². The van der Waals surface area contributed by atoms with Crippen molar-refractivity contribution in [1.82, 2.24) is 0 Å². The first-order valence-corrected chi connectivity index (χ1v) is 14.5. The number of aromatic nitrogens is 2. The van der Waals surface area contributed by atoms with Gasteiger partial charge in [-0.2, -0.15) is 0 Å². The Morgan fingerprint density at radius 1 is 0.512 bits per heavy atom. The predicted octanol–water partition coefficient (Wildman–Crippen LogP) is 8.88. The number of aryl methyl sites for hydroxylation is 2. The smallest absolute Gasteiger partial charge is 0.216 e. The highest BCUT2D eigenvalue weighted by atomic mass is 16.5. The van der Waals surface area contributed by atoms with Gasteiger partial charge in [0.1, 0.15) is 47.9 Å². The second kappa shape index (κ2) is 9.57. The Bertz CT molecular complexity index is 2210. The van der Waals surface area contributed by atoms with Crippen molar-refractivity contribution < 1.29 is 22.7 Å². The molecule has 0 fully saturated rings. The molecule has 0 unspecified atom stereocenters. The number of nitrogens with zero attached hydrogens (tertiary/aromatic N) is 2. The van der Waals surface area contributed by atoms with E-state index in [0.29, 0.717) is 0 Å². The van der Waals surface area contributed by atoms with Gasteiger partial charge >= 0.3 is 0 Å². The highest BCUT2D eigenvalue weighted by molar-refractivity contribution is 6.12.